The van der Waals surface area contributed by atoms with E-state index in [0.29, 0.717) is 17.3 Å². The molecule has 0 saturated carbocycles. The molecule has 78 valence electrons. The second-order valence-electron chi connectivity index (χ2n) is 2.96. The van der Waals surface area contributed by atoms with E-state index < -0.39 is 0 Å². The highest BCUT2D eigenvalue weighted by Gasteiger charge is 2.07. The van der Waals surface area contributed by atoms with E-state index in [4.69, 9.17) is 16.3 Å². The minimum atomic E-state index is 0.542. The third-order valence-electron chi connectivity index (χ3n) is 1.98. The van der Waals surface area contributed by atoms with Crippen LogP contribution in [0.2, 0.25) is 5.02 Å². The zero-order valence-corrected chi connectivity index (χ0v) is 8.82. The monoisotopic (exact) mass is 224 g/mol. The van der Waals surface area contributed by atoms with Gasteiger partial charge >= 0.3 is 0 Å². The fraction of sp³-hybridized carbons (Fsp3) is 0.222. The number of nitrogens with one attached hydrogen (secondary N) is 1. The molecule has 2 aromatic rings. The Hall–Kier alpha value is -1.62. The number of aromatic nitrogens is 4. The molecule has 0 aliphatic carbocycles. The van der Waals surface area contributed by atoms with Crippen LogP contribution in [0, 0.1) is 0 Å². The fourth-order valence-electron chi connectivity index (χ4n) is 1.31. The van der Waals surface area contributed by atoms with Crippen molar-refractivity contribution in [1.29, 1.82) is 0 Å². The lowest BCUT2D eigenvalue weighted by molar-refractivity contribution is 0.410. The van der Waals surface area contributed by atoms with Crippen molar-refractivity contribution < 1.29 is 4.74 Å². The third-order valence-corrected chi connectivity index (χ3v) is 2.22. The van der Waals surface area contributed by atoms with Crippen LogP contribution in [0.3, 0.4) is 0 Å². The van der Waals surface area contributed by atoms with Gasteiger partial charge in [-0.15, -0.1) is 10.2 Å². The van der Waals surface area contributed by atoms with Crippen molar-refractivity contribution in [2.45, 2.75) is 6.42 Å². The lowest BCUT2D eigenvalue weighted by Crippen LogP contribution is -1.95. The molecule has 2 rings (SSSR count). The molecule has 0 saturated heterocycles. The number of tetrazole rings is 1. The van der Waals surface area contributed by atoms with Gasteiger partial charge in [0.05, 0.1) is 7.11 Å². The number of hydrogen-bond acceptors (Lipinski definition) is 4. The van der Waals surface area contributed by atoms with Crippen molar-refractivity contribution in [2.75, 3.05) is 7.11 Å². The number of benzene rings is 1. The Morgan fingerprint density at radius 2 is 2.33 bits per heavy atom. The van der Waals surface area contributed by atoms with Crippen molar-refractivity contribution >= 4 is 11.6 Å². The van der Waals surface area contributed by atoms with Gasteiger partial charge in [0.15, 0.2) is 5.82 Å². The summed E-state index contributed by atoms with van der Waals surface area (Å²) in [6.45, 7) is 0. The Morgan fingerprint density at radius 1 is 1.47 bits per heavy atom. The topological polar surface area (TPSA) is 63.7 Å². The summed E-state index contributed by atoms with van der Waals surface area (Å²) in [6, 6.07) is 5.43. The quantitative estimate of drug-likeness (QED) is 0.857. The molecule has 5 nitrogen and oxygen atoms in total. The molecule has 1 heterocycles. The van der Waals surface area contributed by atoms with E-state index in [1.165, 1.54) is 0 Å². The van der Waals surface area contributed by atoms with Crippen LogP contribution in [-0.4, -0.2) is 27.7 Å². The van der Waals surface area contributed by atoms with Crippen LogP contribution in [0.1, 0.15) is 11.4 Å². The molecule has 0 spiro atoms. The molecule has 1 N–H and O–H groups in total. The first-order valence-electron chi connectivity index (χ1n) is 4.34. The summed E-state index contributed by atoms with van der Waals surface area (Å²) in [7, 11) is 1.61. The number of nitrogens with zero attached hydrogens (tertiary/aromatic N) is 3. The van der Waals surface area contributed by atoms with E-state index in [2.05, 4.69) is 20.6 Å². The Kier molecular flexibility index (Phi) is 2.82. The molecule has 6 heteroatoms. The maximum atomic E-state index is 5.89. The summed E-state index contributed by atoms with van der Waals surface area (Å²) in [5, 5.41) is 14.3. The average Bonchev–Trinajstić information content (AvgIpc) is 2.71. The minimum Gasteiger partial charge on any atom is -0.496 e. The second-order valence-corrected chi connectivity index (χ2v) is 3.40. The summed E-state index contributed by atoms with van der Waals surface area (Å²) in [4.78, 5) is 0. The van der Waals surface area contributed by atoms with E-state index in [-0.39, 0.29) is 0 Å². The Labute approximate surface area is 91.4 Å². The standard InChI is InChI=1S/C9H9ClN4O/c1-15-8-3-2-7(10)4-6(8)5-9-11-13-14-12-9/h2-4H,5H2,1H3,(H,11,12,13,14). The van der Waals surface area contributed by atoms with Crippen molar-refractivity contribution in [3.63, 3.8) is 0 Å². The molecular weight excluding hydrogens is 216 g/mol. The number of H-pyrrole nitrogens is 1. The molecule has 0 unspecified atom stereocenters. The minimum absolute atomic E-state index is 0.542. The van der Waals surface area contributed by atoms with Crippen molar-refractivity contribution in [3.05, 3.63) is 34.6 Å². The highest BCUT2D eigenvalue weighted by Crippen LogP contribution is 2.23. The smallest absolute Gasteiger partial charge is 0.179 e. The van der Waals surface area contributed by atoms with E-state index >= 15 is 0 Å². The predicted molar refractivity (Wildman–Crippen MR) is 55.0 cm³/mol. The van der Waals surface area contributed by atoms with Gasteiger partial charge in [-0.25, -0.2) is 0 Å². The van der Waals surface area contributed by atoms with Crippen LogP contribution in [0.15, 0.2) is 18.2 Å². The first-order chi connectivity index (χ1) is 7.29. The van der Waals surface area contributed by atoms with Gasteiger partial charge in [0.1, 0.15) is 5.75 Å². The normalized spacial score (nSPS) is 10.3. The van der Waals surface area contributed by atoms with E-state index in [9.17, 15) is 0 Å². The van der Waals surface area contributed by atoms with Gasteiger partial charge in [0, 0.05) is 17.0 Å². The van der Waals surface area contributed by atoms with Gasteiger partial charge in [-0.05, 0) is 18.2 Å². The molecule has 0 atom stereocenters. The maximum absolute atomic E-state index is 5.89. The summed E-state index contributed by atoms with van der Waals surface area (Å²) in [5.74, 6) is 1.37. The van der Waals surface area contributed by atoms with Crippen LogP contribution in [-0.2, 0) is 6.42 Å². The number of hydrogen-bond donors (Lipinski definition) is 1. The Bertz CT molecular complexity index is 443. The zero-order chi connectivity index (χ0) is 10.7. The maximum Gasteiger partial charge on any atom is 0.179 e. The Morgan fingerprint density at radius 3 is 3.00 bits per heavy atom. The summed E-state index contributed by atoms with van der Waals surface area (Å²) < 4.78 is 5.20. The second kappa shape index (κ2) is 4.27. The van der Waals surface area contributed by atoms with Crippen molar-refractivity contribution in [1.82, 2.24) is 20.6 Å². The largest absolute Gasteiger partial charge is 0.496 e. The molecule has 0 aliphatic heterocycles. The molecule has 15 heavy (non-hydrogen) atoms. The number of methoxy groups -OCH3 is 1. The summed E-state index contributed by atoms with van der Waals surface area (Å²) in [6.07, 6.45) is 0.542. The van der Waals surface area contributed by atoms with Crippen LogP contribution < -0.4 is 4.74 Å². The Balaban J connectivity index is 2.30. The van der Waals surface area contributed by atoms with E-state index in [0.717, 1.165) is 11.3 Å². The molecule has 0 radical (unpaired) electrons. The van der Waals surface area contributed by atoms with Gasteiger partial charge in [0.25, 0.3) is 0 Å². The van der Waals surface area contributed by atoms with Crippen LogP contribution in [0.25, 0.3) is 0 Å². The lowest BCUT2D eigenvalue weighted by Gasteiger charge is -2.06. The number of aromatic amines is 1. The zero-order valence-electron chi connectivity index (χ0n) is 8.07. The fourth-order valence-corrected chi connectivity index (χ4v) is 1.51. The SMILES string of the molecule is COc1ccc(Cl)cc1Cc1nn[nH]n1. The number of rotatable bonds is 3. The van der Waals surface area contributed by atoms with Crippen LogP contribution in [0.4, 0.5) is 0 Å². The first-order valence-corrected chi connectivity index (χ1v) is 4.72. The average molecular weight is 225 g/mol. The third kappa shape index (κ3) is 2.24. The molecular formula is C9H9ClN4O. The molecule has 0 aliphatic rings. The highest BCUT2D eigenvalue weighted by atomic mass is 35.5. The van der Waals surface area contributed by atoms with Gasteiger partial charge in [-0.2, -0.15) is 5.21 Å². The van der Waals surface area contributed by atoms with E-state index in [1.807, 2.05) is 12.1 Å². The number of halogens is 1. The van der Waals surface area contributed by atoms with Gasteiger partial charge in [0.2, 0.25) is 0 Å². The first kappa shape index (κ1) is 9.92. The molecule has 0 bridgehead atoms. The predicted octanol–water partition coefficient (Wildman–Crippen LogP) is 1.45. The van der Waals surface area contributed by atoms with E-state index in [1.54, 1.807) is 13.2 Å². The van der Waals surface area contributed by atoms with Crippen LogP contribution in [0.5, 0.6) is 5.75 Å². The lowest BCUT2D eigenvalue weighted by atomic mass is 10.1. The van der Waals surface area contributed by atoms with Gasteiger partial charge in [-0.1, -0.05) is 16.8 Å². The molecule has 1 aromatic carbocycles. The summed E-state index contributed by atoms with van der Waals surface area (Å²) in [5.41, 5.74) is 0.936. The van der Waals surface area contributed by atoms with Crippen molar-refractivity contribution in [3.8, 4) is 5.75 Å². The highest BCUT2D eigenvalue weighted by molar-refractivity contribution is 6.30. The van der Waals surface area contributed by atoms with Crippen molar-refractivity contribution in [2.24, 2.45) is 0 Å². The molecule has 0 amide bonds. The van der Waals surface area contributed by atoms with Gasteiger partial charge < -0.3 is 4.74 Å². The summed E-state index contributed by atoms with van der Waals surface area (Å²) >= 11 is 5.89. The molecule has 1 aromatic heterocycles. The number of ether oxygens (including phenoxy) is 1. The van der Waals surface area contributed by atoms with Gasteiger partial charge in [-0.3, -0.25) is 0 Å². The molecule has 0 fully saturated rings. The van der Waals surface area contributed by atoms with Crippen LogP contribution >= 0.6 is 11.6 Å².